The number of imidazole rings is 1. The minimum absolute atomic E-state index is 0.0153. The molecule has 0 aromatic carbocycles. The first-order valence-electron chi connectivity index (χ1n) is 11.5. The summed E-state index contributed by atoms with van der Waals surface area (Å²) in [6.45, 7) is 21.7. The van der Waals surface area contributed by atoms with Crippen LogP contribution in [-0.2, 0) is 13.6 Å². The van der Waals surface area contributed by atoms with Crippen molar-refractivity contribution in [2.45, 2.75) is 102 Å². The molecule has 0 spiro atoms. The molecular formula is C22H39FN4O4Si2. The Morgan fingerprint density at radius 2 is 1.70 bits per heavy atom. The minimum Gasteiger partial charge on any atom is -0.414 e. The number of alkyl halides is 1. The summed E-state index contributed by atoms with van der Waals surface area (Å²) in [4.78, 5) is 22.9. The lowest BCUT2D eigenvalue weighted by Gasteiger charge is -2.40. The lowest BCUT2D eigenvalue weighted by molar-refractivity contribution is -0.0421. The van der Waals surface area contributed by atoms with E-state index in [4.69, 9.17) is 13.6 Å². The number of rotatable bonds is 6. The Morgan fingerprint density at radius 1 is 1.09 bits per heavy atom. The summed E-state index contributed by atoms with van der Waals surface area (Å²) < 4.78 is 36.7. The summed E-state index contributed by atoms with van der Waals surface area (Å²) in [6, 6.07) is 0. The van der Waals surface area contributed by atoms with E-state index in [9.17, 15) is 4.79 Å². The van der Waals surface area contributed by atoms with Crippen LogP contribution in [0.1, 0.15) is 47.8 Å². The average Bonchev–Trinajstić information content (AvgIpc) is 3.21. The molecule has 0 unspecified atom stereocenters. The van der Waals surface area contributed by atoms with E-state index < -0.39 is 41.2 Å². The molecule has 2 aromatic rings. The van der Waals surface area contributed by atoms with Gasteiger partial charge in [0, 0.05) is 0 Å². The van der Waals surface area contributed by atoms with Crippen LogP contribution in [0.15, 0.2) is 17.4 Å². The maximum atomic E-state index is 16.0. The van der Waals surface area contributed by atoms with Crippen LogP contribution >= 0.6 is 0 Å². The van der Waals surface area contributed by atoms with Gasteiger partial charge in [0.1, 0.15) is 12.2 Å². The van der Waals surface area contributed by atoms with Gasteiger partial charge in [-0.25, -0.2) is 14.4 Å². The van der Waals surface area contributed by atoms with Crippen molar-refractivity contribution in [2.24, 2.45) is 0 Å². The molecule has 0 bridgehead atoms. The normalized spacial score (nSPS) is 25.2. The van der Waals surface area contributed by atoms with Crippen LogP contribution < -0.4 is 5.56 Å². The van der Waals surface area contributed by atoms with E-state index in [0.717, 1.165) is 0 Å². The number of nitrogens with zero attached hydrogens (tertiary/aromatic N) is 3. The predicted octanol–water partition coefficient (Wildman–Crippen LogP) is 4.77. The molecule has 2 aromatic heterocycles. The number of fused-ring (bicyclic) bond motifs is 1. The zero-order valence-corrected chi connectivity index (χ0v) is 23.5. The van der Waals surface area contributed by atoms with Gasteiger partial charge in [-0.05, 0) is 36.3 Å². The molecule has 1 fully saturated rings. The van der Waals surface area contributed by atoms with Crippen LogP contribution in [0.4, 0.5) is 4.39 Å². The molecule has 0 radical (unpaired) electrons. The highest BCUT2D eigenvalue weighted by atomic mass is 28.4. The van der Waals surface area contributed by atoms with Gasteiger partial charge < -0.3 is 18.6 Å². The van der Waals surface area contributed by atoms with Crippen molar-refractivity contribution in [3.8, 4) is 0 Å². The molecule has 33 heavy (non-hydrogen) atoms. The second-order valence-corrected chi connectivity index (χ2v) is 21.5. The van der Waals surface area contributed by atoms with E-state index in [0.29, 0.717) is 0 Å². The number of ether oxygens (including phenoxy) is 1. The molecule has 1 aliphatic rings. The largest absolute Gasteiger partial charge is 0.414 e. The molecule has 1 saturated heterocycles. The van der Waals surface area contributed by atoms with Gasteiger partial charge in [0.15, 0.2) is 40.2 Å². The van der Waals surface area contributed by atoms with Gasteiger partial charge in [0.25, 0.3) is 5.56 Å². The highest BCUT2D eigenvalue weighted by Gasteiger charge is 2.52. The molecule has 3 rings (SSSR count). The summed E-state index contributed by atoms with van der Waals surface area (Å²) in [7, 11) is -4.38. The number of hydrogen-bond acceptors (Lipinski definition) is 6. The molecule has 0 amide bonds. The Balaban J connectivity index is 1.95. The number of halogens is 1. The fraction of sp³-hybridized carbons (Fsp3) is 0.773. The third kappa shape index (κ3) is 5.02. The second-order valence-electron chi connectivity index (χ2n) is 12.0. The Kier molecular flexibility index (Phi) is 6.88. The zero-order chi connectivity index (χ0) is 25.0. The zero-order valence-electron chi connectivity index (χ0n) is 21.5. The maximum absolute atomic E-state index is 16.0. The third-order valence-corrected chi connectivity index (χ3v) is 16.5. The van der Waals surface area contributed by atoms with Crippen molar-refractivity contribution < 1.29 is 18.0 Å². The topological polar surface area (TPSA) is 91.3 Å². The quantitative estimate of drug-likeness (QED) is 0.577. The van der Waals surface area contributed by atoms with Crippen molar-refractivity contribution in [1.82, 2.24) is 19.5 Å². The Labute approximate surface area is 197 Å². The molecule has 3 heterocycles. The highest BCUT2D eigenvalue weighted by Crippen LogP contribution is 2.43. The predicted molar refractivity (Wildman–Crippen MR) is 132 cm³/mol. The third-order valence-electron chi connectivity index (χ3n) is 7.56. The van der Waals surface area contributed by atoms with Crippen LogP contribution in [0.25, 0.3) is 11.2 Å². The van der Waals surface area contributed by atoms with Gasteiger partial charge in [0.2, 0.25) is 0 Å². The van der Waals surface area contributed by atoms with Crippen molar-refractivity contribution in [1.29, 1.82) is 0 Å². The standard InChI is InChI=1S/C22H39FN4O4Si2/c1-21(2,3)32(7,8)29-11-14-17(31-33(9,10)22(4,5)6)15(23)20(30-14)27-13-26-16-18(27)24-12-25-19(16)28/h12-15,17,20H,11H2,1-10H3,(H,24,25,28)/t14-,15-,17-,20-/m1/s1. The van der Waals surface area contributed by atoms with Crippen LogP contribution in [0.3, 0.4) is 0 Å². The summed E-state index contributed by atoms with van der Waals surface area (Å²) in [6.07, 6.45) is -1.16. The summed E-state index contributed by atoms with van der Waals surface area (Å²) >= 11 is 0. The summed E-state index contributed by atoms with van der Waals surface area (Å²) in [5.74, 6) is 0. The summed E-state index contributed by atoms with van der Waals surface area (Å²) in [5, 5.41) is -0.0758. The molecule has 1 aliphatic heterocycles. The van der Waals surface area contributed by atoms with Crippen molar-refractivity contribution >= 4 is 27.8 Å². The van der Waals surface area contributed by atoms with E-state index in [1.807, 2.05) is 0 Å². The van der Waals surface area contributed by atoms with E-state index in [2.05, 4.69) is 82.7 Å². The van der Waals surface area contributed by atoms with Crippen molar-refractivity contribution in [2.75, 3.05) is 6.61 Å². The molecule has 4 atom stereocenters. The molecule has 0 aliphatic carbocycles. The summed E-state index contributed by atoms with van der Waals surface area (Å²) in [5.41, 5.74) is 0.0543. The Morgan fingerprint density at radius 3 is 2.27 bits per heavy atom. The number of H-pyrrole nitrogens is 1. The first-order valence-corrected chi connectivity index (χ1v) is 17.3. The Bertz CT molecular complexity index is 1040. The molecule has 11 heteroatoms. The van der Waals surface area contributed by atoms with Gasteiger partial charge >= 0.3 is 0 Å². The van der Waals surface area contributed by atoms with Gasteiger partial charge in [-0.15, -0.1) is 0 Å². The van der Waals surface area contributed by atoms with Crippen LogP contribution in [0.2, 0.25) is 36.3 Å². The van der Waals surface area contributed by atoms with Gasteiger partial charge in [-0.1, -0.05) is 41.5 Å². The van der Waals surface area contributed by atoms with Crippen molar-refractivity contribution in [3.05, 3.63) is 23.0 Å². The fourth-order valence-corrected chi connectivity index (χ4v) is 5.60. The number of nitrogens with one attached hydrogen (secondary N) is 1. The lowest BCUT2D eigenvalue weighted by atomic mass is 10.1. The Hall–Kier alpha value is -1.41. The van der Waals surface area contributed by atoms with Gasteiger partial charge in [0.05, 0.1) is 19.3 Å². The number of aromatic nitrogens is 4. The first kappa shape index (κ1) is 26.2. The number of aromatic amines is 1. The lowest BCUT2D eigenvalue weighted by Crippen LogP contribution is -2.50. The fourth-order valence-electron chi connectivity index (χ4n) is 3.27. The molecular weight excluding hydrogens is 459 g/mol. The molecule has 1 N–H and O–H groups in total. The van der Waals surface area contributed by atoms with Crippen molar-refractivity contribution in [3.63, 3.8) is 0 Å². The molecule has 0 saturated carbocycles. The molecule has 8 nitrogen and oxygen atoms in total. The maximum Gasteiger partial charge on any atom is 0.278 e. The van der Waals surface area contributed by atoms with E-state index in [-0.39, 0.29) is 33.4 Å². The SMILES string of the molecule is CC(C)(C)[Si](C)(C)OC[C@H]1O[C@@H](n2cnc3c(=O)[nH]cnc32)[C@H](F)[C@@H]1O[Si](C)(C)C(C)(C)C. The molecule has 186 valence electrons. The minimum atomic E-state index is -2.30. The van der Waals surface area contributed by atoms with Gasteiger partial charge in [-0.2, -0.15) is 0 Å². The first-order chi connectivity index (χ1) is 15.0. The average molecular weight is 499 g/mol. The second kappa shape index (κ2) is 8.67. The highest BCUT2D eigenvalue weighted by molar-refractivity contribution is 6.74. The number of hydrogen-bond donors (Lipinski definition) is 1. The van der Waals surface area contributed by atoms with Crippen LogP contribution in [0.5, 0.6) is 0 Å². The van der Waals surface area contributed by atoms with E-state index in [1.165, 1.54) is 17.2 Å². The van der Waals surface area contributed by atoms with Gasteiger partial charge in [-0.3, -0.25) is 9.36 Å². The van der Waals surface area contributed by atoms with E-state index in [1.54, 1.807) is 0 Å². The van der Waals surface area contributed by atoms with E-state index >= 15 is 4.39 Å². The monoisotopic (exact) mass is 498 g/mol. The smallest absolute Gasteiger partial charge is 0.278 e. The van der Waals surface area contributed by atoms with Crippen LogP contribution in [0, 0.1) is 0 Å². The van der Waals surface area contributed by atoms with Crippen LogP contribution in [-0.4, -0.2) is 61.1 Å².